The maximum absolute atomic E-state index is 12.4. The summed E-state index contributed by atoms with van der Waals surface area (Å²) in [6, 6.07) is 7.41. The van der Waals surface area contributed by atoms with E-state index in [0.717, 1.165) is 27.0 Å². The Morgan fingerprint density at radius 3 is 2.71 bits per heavy atom. The number of thiazole rings is 1. The number of carbonyl (C=O) groups is 2. The normalized spacial score (nSPS) is 17.8. The molecule has 1 aromatic heterocycles. The van der Waals surface area contributed by atoms with E-state index >= 15 is 0 Å². The number of carbonyl (C=O) groups excluding carboxylic acids is 2. The van der Waals surface area contributed by atoms with Gasteiger partial charge in [0.05, 0.1) is 18.1 Å². The van der Waals surface area contributed by atoms with Crippen molar-refractivity contribution in [1.29, 1.82) is 0 Å². The number of aromatic hydroxyl groups is 1. The van der Waals surface area contributed by atoms with Gasteiger partial charge in [0, 0.05) is 18.7 Å². The average molecular weight is 398 g/mol. The molecule has 0 bridgehead atoms. The average Bonchev–Trinajstić information content (AvgIpc) is 2.98. The van der Waals surface area contributed by atoms with E-state index in [4.69, 9.17) is 4.74 Å². The zero-order valence-corrected chi connectivity index (χ0v) is 15.8. The summed E-state index contributed by atoms with van der Waals surface area (Å²) >= 11 is 0.809. The Balaban J connectivity index is 1.65. The predicted molar refractivity (Wildman–Crippen MR) is 106 cm³/mol. The van der Waals surface area contributed by atoms with Crippen molar-refractivity contribution in [3.8, 4) is 5.88 Å². The van der Waals surface area contributed by atoms with Crippen LogP contribution < -0.4 is 4.87 Å². The van der Waals surface area contributed by atoms with Crippen LogP contribution in [-0.2, 0) is 20.9 Å². The Bertz CT molecular complexity index is 1060. The molecule has 0 unspecified atom stereocenters. The number of hydrogen-bond acceptors (Lipinski definition) is 6. The summed E-state index contributed by atoms with van der Waals surface area (Å²) < 4.78 is 6.27. The number of hydrogen-bond donors (Lipinski definition) is 1. The zero-order chi connectivity index (χ0) is 19.7. The van der Waals surface area contributed by atoms with Gasteiger partial charge in [0.25, 0.3) is 0 Å². The van der Waals surface area contributed by atoms with Crippen molar-refractivity contribution in [3.63, 3.8) is 0 Å². The van der Waals surface area contributed by atoms with Crippen LogP contribution in [0.5, 0.6) is 5.88 Å². The first-order valence-corrected chi connectivity index (χ1v) is 9.68. The van der Waals surface area contributed by atoms with E-state index in [9.17, 15) is 19.5 Å². The van der Waals surface area contributed by atoms with Crippen LogP contribution in [0.15, 0.2) is 35.1 Å². The van der Waals surface area contributed by atoms with Gasteiger partial charge >= 0.3 is 4.87 Å². The van der Waals surface area contributed by atoms with Gasteiger partial charge in [-0.15, -0.1) is 0 Å². The number of amides is 1. The fourth-order valence-electron chi connectivity index (χ4n) is 3.25. The van der Waals surface area contributed by atoms with Crippen LogP contribution in [0.1, 0.15) is 16.0 Å². The summed E-state index contributed by atoms with van der Waals surface area (Å²) in [6.45, 7) is 1.61. The van der Waals surface area contributed by atoms with Gasteiger partial charge in [0.2, 0.25) is 11.8 Å². The number of benzene rings is 1. The number of aromatic nitrogens is 1. The van der Waals surface area contributed by atoms with Crippen LogP contribution in [0.3, 0.4) is 0 Å². The minimum Gasteiger partial charge on any atom is -0.493 e. The summed E-state index contributed by atoms with van der Waals surface area (Å²) in [5.74, 6) is -0.751. The predicted octanol–water partition coefficient (Wildman–Crippen LogP) is 1.61. The molecule has 1 aliphatic carbocycles. The van der Waals surface area contributed by atoms with Crippen LogP contribution in [0.25, 0.3) is 17.7 Å². The molecule has 2 heterocycles. The van der Waals surface area contributed by atoms with Crippen LogP contribution in [0, 0.1) is 0 Å². The monoisotopic (exact) mass is 398 g/mol. The van der Waals surface area contributed by atoms with Gasteiger partial charge in [-0.05, 0) is 23.3 Å². The molecule has 144 valence electrons. The molecule has 1 aromatic carbocycles. The number of morpholine rings is 1. The number of ketones is 1. The van der Waals surface area contributed by atoms with Gasteiger partial charge in [-0.25, -0.2) is 0 Å². The van der Waals surface area contributed by atoms with Crippen molar-refractivity contribution < 1.29 is 19.4 Å². The van der Waals surface area contributed by atoms with Gasteiger partial charge in [-0.3, -0.25) is 19.0 Å². The number of allylic oxidation sites excluding steroid dienone is 2. The Morgan fingerprint density at radius 1 is 1.18 bits per heavy atom. The molecular weight excluding hydrogens is 380 g/mol. The van der Waals surface area contributed by atoms with Gasteiger partial charge in [-0.2, -0.15) is 0 Å². The molecule has 1 aliphatic heterocycles. The Hall–Kier alpha value is -2.97. The highest BCUT2D eigenvalue weighted by molar-refractivity contribution is 7.10. The summed E-state index contributed by atoms with van der Waals surface area (Å²) in [4.78, 5) is 38.5. The van der Waals surface area contributed by atoms with Gasteiger partial charge in [-0.1, -0.05) is 41.7 Å². The Labute approximate surface area is 164 Å². The second-order valence-electron chi connectivity index (χ2n) is 6.48. The van der Waals surface area contributed by atoms with Crippen LogP contribution in [0.2, 0.25) is 0 Å². The third-order valence-corrected chi connectivity index (χ3v) is 5.67. The highest BCUT2D eigenvalue weighted by Crippen LogP contribution is 2.31. The molecule has 0 radical (unpaired) electrons. The standard InChI is InChI=1S/C20H18N2O5S/c23-16-6-5-13-3-1-2-4-14(13)15(16)11-17-19(25)22(20(26)28-17)12-18(24)21-7-9-27-10-8-21/h1-6,11,25H,7-10,12H2/b15-11-. The molecule has 0 spiro atoms. The molecule has 28 heavy (non-hydrogen) atoms. The first kappa shape index (κ1) is 18.4. The van der Waals surface area contributed by atoms with E-state index in [-0.39, 0.29) is 29.0 Å². The van der Waals surface area contributed by atoms with Crippen molar-refractivity contribution in [2.45, 2.75) is 6.54 Å². The topological polar surface area (TPSA) is 88.8 Å². The zero-order valence-electron chi connectivity index (χ0n) is 15.0. The summed E-state index contributed by atoms with van der Waals surface area (Å²) in [6.07, 6.45) is 4.72. The second kappa shape index (κ2) is 7.57. The SMILES string of the molecule is O=C1C=Cc2ccccc2/C1=C/c1sc(=O)n(CC(=O)N2CCOCC2)c1O. The Kier molecular flexibility index (Phi) is 4.97. The lowest BCUT2D eigenvalue weighted by Gasteiger charge is -2.26. The molecule has 0 atom stereocenters. The third-order valence-electron chi connectivity index (χ3n) is 4.76. The van der Waals surface area contributed by atoms with Crippen LogP contribution in [-0.4, -0.2) is 52.6 Å². The van der Waals surface area contributed by atoms with Gasteiger partial charge in [0.1, 0.15) is 6.54 Å². The van der Waals surface area contributed by atoms with Gasteiger partial charge in [0.15, 0.2) is 5.78 Å². The van der Waals surface area contributed by atoms with Crippen LogP contribution in [0.4, 0.5) is 0 Å². The first-order chi connectivity index (χ1) is 13.5. The summed E-state index contributed by atoms with van der Waals surface area (Å²) in [5.41, 5.74) is 2.04. The Morgan fingerprint density at radius 2 is 1.93 bits per heavy atom. The molecule has 1 saturated heterocycles. The molecule has 8 heteroatoms. The van der Waals surface area contributed by atoms with Crippen molar-refractivity contribution in [3.05, 3.63) is 56.0 Å². The van der Waals surface area contributed by atoms with Crippen molar-refractivity contribution >= 4 is 40.8 Å². The highest BCUT2D eigenvalue weighted by atomic mass is 32.1. The van der Waals surface area contributed by atoms with E-state index in [1.807, 2.05) is 24.3 Å². The van der Waals surface area contributed by atoms with Crippen LogP contribution >= 0.6 is 11.3 Å². The molecule has 0 saturated carbocycles. The molecule has 4 rings (SSSR count). The lowest BCUT2D eigenvalue weighted by molar-refractivity contribution is -0.136. The van der Waals surface area contributed by atoms with Crippen molar-refractivity contribution in [1.82, 2.24) is 9.47 Å². The molecule has 1 amide bonds. The second-order valence-corrected chi connectivity index (χ2v) is 7.47. The number of fused-ring (bicyclic) bond motifs is 1. The lowest BCUT2D eigenvalue weighted by Crippen LogP contribution is -2.43. The number of nitrogens with zero attached hydrogens (tertiary/aromatic N) is 2. The number of rotatable bonds is 3. The van der Waals surface area contributed by atoms with E-state index < -0.39 is 4.87 Å². The quantitative estimate of drug-likeness (QED) is 0.794. The first-order valence-electron chi connectivity index (χ1n) is 8.86. The highest BCUT2D eigenvalue weighted by Gasteiger charge is 2.23. The largest absolute Gasteiger partial charge is 0.493 e. The minimum atomic E-state index is -0.446. The van der Waals surface area contributed by atoms with Gasteiger partial charge < -0.3 is 14.7 Å². The molecular formula is C20H18N2O5S. The third kappa shape index (κ3) is 3.44. The van der Waals surface area contributed by atoms with E-state index in [2.05, 4.69) is 0 Å². The molecule has 1 fully saturated rings. The lowest BCUT2D eigenvalue weighted by atomic mass is 9.91. The fourth-order valence-corrected chi connectivity index (χ4v) is 4.08. The molecule has 1 N–H and O–H groups in total. The fraction of sp³-hybridized carbons (Fsp3) is 0.250. The minimum absolute atomic E-state index is 0.199. The molecule has 2 aliphatic rings. The summed E-state index contributed by atoms with van der Waals surface area (Å²) in [5, 5.41) is 10.5. The van der Waals surface area contributed by atoms with E-state index in [1.165, 1.54) is 12.2 Å². The van der Waals surface area contributed by atoms with E-state index in [1.54, 1.807) is 11.0 Å². The summed E-state index contributed by atoms with van der Waals surface area (Å²) in [7, 11) is 0. The maximum Gasteiger partial charge on any atom is 0.311 e. The molecule has 7 nitrogen and oxygen atoms in total. The maximum atomic E-state index is 12.4. The van der Waals surface area contributed by atoms with Crippen molar-refractivity contribution in [2.24, 2.45) is 0 Å². The molecule has 2 aromatic rings. The smallest absolute Gasteiger partial charge is 0.311 e. The van der Waals surface area contributed by atoms with Crippen molar-refractivity contribution in [2.75, 3.05) is 26.3 Å². The number of ether oxygens (including phenoxy) is 1. The van der Waals surface area contributed by atoms with E-state index in [0.29, 0.717) is 31.9 Å².